The van der Waals surface area contributed by atoms with Crippen LogP contribution in [0.1, 0.15) is 23.7 Å². The predicted molar refractivity (Wildman–Crippen MR) is 69.9 cm³/mol. The Labute approximate surface area is 115 Å². The molecule has 0 N–H and O–H groups in total. The van der Waals surface area contributed by atoms with Crippen molar-refractivity contribution in [2.45, 2.75) is 13.3 Å². The summed E-state index contributed by atoms with van der Waals surface area (Å²) in [5.74, 6) is -0.411. The molecule has 0 aliphatic rings. The fourth-order valence-corrected chi connectivity index (χ4v) is 1.86. The number of hydrogen-bond acceptors (Lipinski definition) is 4. The first-order valence-corrected chi connectivity index (χ1v) is 5.99. The number of amides is 1. The van der Waals surface area contributed by atoms with Gasteiger partial charge >= 0.3 is 0 Å². The third kappa shape index (κ3) is 3.42. The van der Waals surface area contributed by atoms with Crippen LogP contribution in [-0.2, 0) is 0 Å². The second-order valence-corrected chi connectivity index (χ2v) is 4.07. The molecule has 0 saturated carbocycles. The maximum Gasteiger partial charge on any atom is 0.288 e. The summed E-state index contributed by atoms with van der Waals surface area (Å²) >= 11 is 5.88. The van der Waals surface area contributed by atoms with Crippen LogP contribution in [-0.4, -0.2) is 28.8 Å². The van der Waals surface area contributed by atoms with Crippen LogP contribution in [0.25, 0.3) is 0 Å². The molecule has 1 aromatic carbocycles. The summed E-state index contributed by atoms with van der Waals surface area (Å²) in [4.78, 5) is 23.7. The summed E-state index contributed by atoms with van der Waals surface area (Å²) < 4.78 is 0. The van der Waals surface area contributed by atoms with E-state index in [9.17, 15) is 14.9 Å². The first-order chi connectivity index (χ1) is 9.02. The standard InChI is InChI=1S/C12H12ClN3O3/c1-2-15(8-4-7-14)12(17)9-5-3-6-10(11(9)13)16(18)19/h3,5-6H,2,4,8H2,1H3. The lowest BCUT2D eigenvalue weighted by molar-refractivity contribution is -0.384. The van der Waals surface area contributed by atoms with Gasteiger partial charge in [0.05, 0.1) is 23.0 Å². The van der Waals surface area contributed by atoms with Crippen molar-refractivity contribution >= 4 is 23.2 Å². The fourth-order valence-electron chi connectivity index (χ4n) is 1.58. The van der Waals surface area contributed by atoms with Crippen LogP contribution in [0.3, 0.4) is 0 Å². The Hall–Kier alpha value is -2.13. The monoisotopic (exact) mass is 281 g/mol. The summed E-state index contributed by atoms with van der Waals surface area (Å²) in [7, 11) is 0. The van der Waals surface area contributed by atoms with Crippen molar-refractivity contribution < 1.29 is 9.72 Å². The van der Waals surface area contributed by atoms with E-state index in [2.05, 4.69) is 0 Å². The van der Waals surface area contributed by atoms with Gasteiger partial charge in [0.15, 0.2) is 0 Å². The smallest absolute Gasteiger partial charge is 0.288 e. The molecule has 0 bridgehead atoms. The van der Waals surface area contributed by atoms with Crippen molar-refractivity contribution in [3.63, 3.8) is 0 Å². The molecule has 100 valence electrons. The number of nitrogens with zero attached hydrogens (tertiary/aromatic N) is 3. The molecule has 0 aliphatic heterocycles. The molecule has 1 aromatic rings. The highest BCUT2D eigenvalue weighted by Crippen LogP contribution is 2.28. The maximum absolute atomic E-state index is 12.2. The fraction of sp³-hybridized carbons (Fsp3) is 0.333. The van der Waals surface area contributed by atoms with Crippen molar-refractivity contribution in [2.75, 3.05) is 13.1 Å². The highest BCUT2D eigenvalue weighted by atomic mass is 35.5. The maximum atomic E-state index is 12.2. The van der Waals surface area contributed by atoms with E-state index in [0.29, 0.717) is 6.54 Å². The number of nitriles is 1. The number of rotatable bonds is 5. The van der Waals surface area contributed by atoms with Crippen molar-refractivity contribution in [1.29, 1.82) is 5.26 Å². The van der Waals surface area contributed by atoms with Gasteiger partial charge in [-0.25, -0.2) is 0 Å². The molecule has 1 amide bonds. The van der Waals surface area contributed by atoms with Crippen LogP contribution in [0, 0.1) is 21.4 Å². The van der Waals surface area contributed by atoms with Gasteiger partial charge in [-0.2, -0.15) is 5.26 Å². The van der Waals surface area contributed by atoms with E-state index in [1.165, 1.54) is 23.1 Å². The van der Waals surface area contributed by atoms with Gasteiger partial charge in [-0.15, -0.1) is 0 Å². The number of nitro benzene ring substituents is 1. The Morgan fingerprint density at radius 2 is 2.26 bits per heavy atom. The van der Waals surface area contributed by atoms with Crippen LogP contribution < -0.4 is 0 Å². The predicted octanol–water partition coefficient (Wildman–Crippen LogP) is 2.62. The van der Waals surface area contributed by atoms with Gasteiger partial charge in [-0.05, 0) is 13.0 Å². The van der Waals surface area contributed by atoms with Gasteiger partial charge in [-0.1, -0.05) is 17.7 Å². The summed E-state index contributed by atoms with van der Waals surface area (Å²) in [6.45, 7) is 2.44. The molecule has 0 heterocycles. The third-order valence-electron chi connectivity index (χ3n) is 2.57. The molecule has 19 heavy (non-hydrogen) atoms. The summed E-state index contributed by atoms with van der Waals surface area (Å²) in [6.07, 6.45) is 0.201. The Bertz CT molecular complexity index is 540. The number of carbonyl (C=O) groups is 1. The van der Waals surface area contributed by atoms with Gasteiger partial charge in [-0.3, -0.25) is 14.9 Å². The van der Waals surface area contributed by atoms with E-state index in [4.69, 9.17) is 16.9 Å². The highest BCUT2D eigenvalue weighted by Gasteiger charge is 2.22. The van der Waals surface area contributed by atoms with Gasteiger partial charge in [0.1, 0.15) is 5.02 Å². The molecular weight excluding hydrogens is 270 g/mol. The van der Waals surface area contributed by atoms with E-state index >= 15 is 0 Å². The van der Waals surface area contributed by atoms with E-state index in [-0.39, 0.29) is 29.2 Å². The Morgan fingerprint density at radius 3 is 2.79 bits per heavy atom. The molecule has 0 fully saturated rings. The zero-order chi connectivity index (χ0) is 14.4. The Morgan fingerprint density at radius 1 is 1.58 bits per heavy atom. The van der Waals surface area contributed by atoms with Crippen molar-refractivity contribution in [2.24, 2.45) is 0 Å². The van der Waals surface area contributed by atoms with Crippen LogP contribution in [0.15, 0.2) is 18.2 Å². The molecule has 6 nitrogen and oxygen atoms in total. The molecular formula is C12H12ClN3O3. The van der Waals surface area contributed by atoms with Crippen LogP contribution in [0.5, 0.6) is 0 Å². The van der Waals surface area contributed by atoms with Crippen molar-refractivity contribution in [1.82, 2.24) is 4.90 Å². The second-order valence-electron chi connectivity index (χ2n) is 3.69. The molecule has 0 saturated heterocycles. The average molecular weight is 282 g/mol. The zero-order valence-corrected chi connectivity index (χ0v) is 11.1. The van der Waals surface area contributed by atoms with E-state index < -0.39 is 10.8 Å². The molecule has 0 spiro atoms. The lowest BCUT2D eigenvalue weighted by Gasteiger charge is -2.19. The molecule has 0 aliphatic carbocycles. The number of benzene rings is 1. The Balaban J connectivity index is 3.09. The number of hydrogen-bond donors (Lipinski definition) is 0. The van der Waals surface area contributed by atoms with Gasteiger partial charge in [0, 0.05) is 19.2 Å². The molecule has 0 unspecified atom stereocenters. The molecule has 1 rings (SSSR count). The van der Waals surface area contributed by atoms with Crippen molar-refractivity contribution in [3.05, 3.63) is 38.9 Å². The van der Waals surface area contributed by atoms with E-state index in [1.807, 2.05) is 6.07 Å². The molecule has 0 atom stereocenters. The summed E-state index contributed by atoms with van der Waals surface area (Å²) in [5.41, 5.74) is -0.223. The molecule has 0 radical (unpaired) electrons. The lowest BCUT2D eigenvalue weighted by atomic mass is 10.1. The molecule has 7 heteroatoms. The number of nitro groups is 1. The normalized spacial score (nSPS) is 9.74. The first kappa shape index (κ1) is 14.9. The molecule has 0 aromatic heterocycles. The lowest BCUT2D eigenvalue weighted by Crippen LogP contribution is -2.31. The van der Waals surface area contributed by atoms with E-state index in [0.717, 1.165) is 0 Å². The SMILES string of the molecule is CCN(CCC#N)C(=O)c1cccc([N+](=O)[O-])c1Cl. The minimum Gasteiger partial charge on any atom is -0.338 e. The van der Waals surface area contributed by atoms with Gasteiger partial charge in [0.2, 0.25) is 0 Å². The van der Waals surface area contributed by atoms with Crippen LogP contribution in [0.2, 0.25) is 5.02 Å². The van der Waals surface area contributed by atoms with Gasteiger partial charge < -0.3 is 4.90 Å². The topological polar surface area (TPSA) is 87.2 Å². The minimum absolute atomic E-state index is 0.0793. The van der Waals surface area contributed by atoms with Gasteiger partial charge in [0.25, 0.3) is 11.6 Å². The average Bonchev–Trinajstić information content (AvgIpc) is 2.39. The second kappa shape index (κ2) is 6.71. The first-order valence-electron chi connectivity index (χ1n) is 5.62. The van der Waals surface area contributed by atoms with Crippen LogP contribution >= 0.6 is 11.6 Å². The minimum atomic E-state index is -0.634. The quantitative estimate of drug-likeness (QED) is 0.613. The summed E-state index contributed by atoms with van der Waals surface area (Å²) in [5, 5.41) is 19.1. The third-order valence-corrected chi connectivity index (χ3v) is 2.97. The van der Waals surface area contributed by atoms with Crippen molar-refractivity contribution in [3.8, 4) is 6.07 Å². The largest absolute Gasteiger partial charge is 0.338 e. The number of carbonyl (C=O) groups excluding carboxylic acids is 1. The Kier molecular flexibility index (Phi) is 5.27. The highest BCUT2D eigenvalue weighted by molar-refractivity contribution is 6.35. The van der Waals surface area contributed by atoms with E-state index in [1.54, 1.807) is 6.92 Å². The van der Waals surface area contributed by atoms with Crippen LogP contribution in [0.4, 0.5) is 5.69 Å². The number of halogens is 1. The zero-order valence-electron chi connectivity index (χ0n) is 10.3. The summed E-state index contributed by atoms with van der Waals surface area (Å²) in [6, 6.07) is 6.04.